The zero-order valence-electron chi connectivity index (χ0n) is 17.1. The Morgan fingerprint density at radius 1 is 1.19 bits per heavy atom. The largest absolute Gasteiger partial charge is 0.497 e. The molecule has 1 aromatic heterocycles. The first-order valence-electron chi connectivity index (χ1n) is 9.74. The normalized spacial score (nSPS) is 18.8. The lowest BCUT2D eigenvalue weighted by molar-refractivity contribution is 0.0728. The maximum atomic E-state index is 13.3. The molecule has 31 heavy (non-hydrogen) atoms. The molecule has 0 unspecified atom stereocenters. The third kappa shape index (κ3) is 4.75. The zero-order chi connectivity index (χ0) is 22.0. The number of ether oxygens (including phenoxy) is 1. The van der Waals surface area contributed by atoms with Gasteiger partial charge < -0.3 is 9.64 Å². The van der Waals surface area contributed by atoms with Crippen LogP contribution in [0.2, 0.25) is 0 Å². The van der Waals surface area contributed by atoms with Gasteiger partial charge in [0.15, 0.2) is 5.82 Å². The fraction of sp³-hybridized carbons (Fsp3) is 0.286. The highest BCUT2D eigenvalue weighted by atomic mass is 32.2. The highest BCUT2D eigenvalue weighted by Crippen LogP contribution is 2.33. The number of carbonyl (C=O) groups is 1. The van der Waals surface area contributed by atoms with Gasteiger partial charge in [-0.25, -0.2) is 18.1 Å². The van der Waals surface area contributed by atoms with Crippen LogP contribution in [0.5, 0.6) is 5.75 Å². The number of hydrogen-bond donors (Lipinski definition) is 2. The van der Waals surface area contributed by atoms with Gasteiger partial charge in [0, 0.05) is 23.7 Å². The van der Waals surface area contributed by atoms with Crippen LogP contribution in [0.4, 0.5) is 0 Å². The predicted molar refractivity (Wildman–Crippen MR) is 115 cm³/mol. The summed E-state index contributed by atoms with van der Waals surface area (Å²) in [6, 6.07) is 15.5. The number of nitrogens with one attached hydrogen (secondary N) is 2. The molecular formula is C21H23N5O4S. The first kappa shape index (κ1) is 21.0. The van der Waals surface area contributed by atoms with E-state index in [0.29, 0.717) is 29.4 Å². The Hall–Kier alpha value is -3.24. The molecule has 0 saturated carbocycles. The number of H-pyrrole nitrogens is 1. The van der Waals surface area contributed by atoms with Crippen molar-refractivity contribution in [3.63, 3.8) is 0 Å². The molecule has 10 heteroatoms. The van der Waals surface area contributed by atoms with Gasteiger partial charge in [-0.1, -0.05) is 36.4 Å². The van der Waals surface area contributed by atoms with E-state index >= 15 is 0 Å². The Bertz CT molecular complexity index is 1180. The number of aromatic amines is 1. The fourth-order valence-electron chi connectivity index (χ4n) is 3.77. The number of aromatic nitrogens is 3. The lowest BCUT2D eigenvalue weighted by Crippen LogP contribution is -2.38. The first-order valence-corrected chi connectivity index (χ1v) is 11.6. The maximum absolute atomic E-state index is 13.3. The molecule has 0 bridgehead atoms. The minimum atomic E-state index is -3.43. The van der Waals surface area contributed by atoms with E-state index in [1.54, 1.807) is 29.2 Å². The van der Waals surface area contributed by atoms with Gasteiger partial charge in [-0.05, 0) is 24.6 Å². The van der Waals surface area contributed by atoms with E-state index in [2.05, 4.69) is 19.9 Å². The summed E-state index contributed by atoms with van der Waals surface area (Å²) in [5.41, 5.74) is 1.30. The van der Waals surface area contributed by atoms with E-state index < -0.39 is 22.1 Å². The number of rotatable bonds is 6. The molecular weight excluding hydrogens is 418 g/mol. The van der Waals surface area contributed by atoms with Crippen LogP contribution in [0.25, 0.3) is 11.4 Å². The Kier molecular flexibility index (Phi) is 5.75. The molecule has 9 nitrogen and oxygen atoms in total. The molecule has 1 aliphatic heterocycles. The van der Waals surface area contributed by atoms with Gasteiger partial charge in [0.2, 0.25) is 10.0 Å². The van der Waals surface area contributed by atoms with Crippen molar-refractivity contribution in [2.75, 3.05) is 19.9 Å². The summed E-state index contributed by atoms with van der Waals surface area (Å²) in [6.07, 6.45) is 1.49. The number of likely N-dealkylation sites (tertiary alicyclic amines) is 1. The van der Waals surface area contributed by atoms with Crippen molar-refractivity contribution in [2.24, 2.45) is 0 Å². The summed E-state index contributed by atoms with van der Waals surface area (Å²) in [4.78, 5) is 19.5. The predicted octanol–water partition coefficient (Wildman–Crippen LogP) is 1.99. The first-order chi connectivity index (χ1) is 14.8. The highest BCUT2D eigenvalue weighted by molar-refractivity contribution is 7.88. The van der Waals surface area contributed by atoms with Crippen LogP contribution in [0.15, 0.2) is 54.6 Å². The molecule has 0 aliphatic carbocycles. The van der Waals surface area contributed by atoms with Crippen LogP contribution in [0, 0.1) is 0 Å². The van der Waals surface area contributed by atoms with E-state index in [9.17, 15) is 13.2 Å². The van der Waals surface area contributed by atoms with Crippen molar-refractivity contribution in [1.82, 2.24) is 24.8 Å². The van der Waals surface area contributed by atoms with Gasteiger partial charge in [0.05, 0.1) is 19.4 Å². The number of sulfonamides is 1. The number of amides is 1. The average molecular weight is 442 g/mol. The third-order valence-corrected chi connectivity index (χ3v) is 5.87. The molecule has 4 rings (SSSR count). The lowest BCUT2D eigenvalue weighted by Gasteiger charge is -2.23. The minimum absolute atomic E-state index is 0.217. The van der Waals surface area contributed by atoms with E-state index in [1.807, 2.05) is 30.3 Å². The van der Waals surface area contributed by atoms with E-state index in [4.69, 9.17) is 4.74 Å². The van der Waals surface area contributed by atoms with Gasteiger partial charge in [0.1, 0.15) is 11.6 Å². The van der Waals surface area contributed by atoms with Crippen molar-refractivity contribution >= 4 is 15.9 Å². The smallest absolute Gasteiger partial charge is 0.254 e. The van der Waals surface area contributed by atoms with Crippen LogP contribution in [-0.4, -0.2) is 60.4 Å². The molecule has 1 fully saturated rings. The summed E-state index contributed by atoms with van der Waals surface area (Å²) in [7, 11) is -1.89. The summed E-state index contributed by atoms with van der Waals surface area (Å²) in [5, 5.41) is 7.22. The third-order valence-electron chi connectivity index (χ3n) is 5.11. The minimum Gasteiger partial charge on any atom is -0.497 e. The van der Waals surface area contributed by atoms with Gasteiger partial charge in [-0.3, -0.25) is 9.89 Å². The second-order valence-electron chi connectivity index (χ2n) is 7.44. The molecule has 2 N–H and O–H groups in total. The zero-order valence-corrected chi connectivity index (χ0v) is 18.0. The van der Waals surface area contributed by atoms with Crippen molar-refractivity contribution in [3.8, 4) is 17.1 Å². The Morgan fingerprint density at radius 3 is 2.68 bits per heavy atom. The average Bonchev–Trinajstić information content (AvgIpc) is 3.40. The summed E-state index contributed by atoms with van der Waals surface area (Å²) < 4.78 is 31.4. The standard InChI is InChI=1S/C21H23N5O4S/c1-30-17-10-6-9-15(11-17)21(27)26-13-16(25-31(2,28)29)12-18(26)20-22-19(23-24-20)14-7-4-3-5-8-14/h3-11,16,18,25H,12-13H2,1-2H3,(H,22,23,24)/t16-,18-/m0/s1. The molecule has 1 saturated heterocycles. The van der Waals surface area contributed by atoms with Crippen molar-refractivity contribution < 1.29 is 17.9 Å². The summed E-state index contributed by atoms with van der Waals surface area (Å²) >= 11 is 0. The van der Waals surface area contributed by atoms with Crippen LogP contribution >= 0.6 is 0 Å². The molecule has 0 spiro atoms. The highest BCUT2D eigenvalue weighted by Gasteiger charge is 2.39. The summed E-state index contributed by atoms with van der Waals surface area (Å²) in [5.74, 6) is 1.36. The SMILES string of the molecule is COc1cccc(C(=O)N2C[C@@H](NS(C)(=O)=O)C[C@H]2c2nc(-c3ccccc3)n[nH]2)c1. The molecule has 2 heterocycles. The second kappa shape index (κ2) is 8.48. The van der Waals surface area contributed by atoms with Crippen molar-refractivity contribution in [2.45, 2.75) is 18.5 Å². The number of carbonyl (C=O) groups excluding carboxylic acids is 1. The fourth-order valence-corrected chi connectivity index (χ4v) is 4.55. The molecule has 2 atom stereocenters. The van der Waals surface area contributed by atoms with E-state index in [1.165, 1.54) is 7.11 Å². The van der Waals surface area contributed by atoms with Crippen LogP contribution < -0.4 is 9.46 Å². The van der Waals surface area contributed by atoms with Crippen LogP contribution in [0.1, 0.15) is 28.6 Å². The van der Waals surface area contributed by atoms with E-state index in [-0.39, 0.29) is 12.5 Å². The number of nitrogens with zero attached hydrogens (tertiary/aromatic N) is 3. The topological polar surface area (TPSA) is 117 Å². The van der Waals surface area contributed by atoms with Crippen LogP contribution in [0.3, 0.4) is 0 Å². The Balaban J connectivity index is 1.66. The maximum Gasteiger partial charge on any atom is 0.254 e. The number of methoxy groups -OCH3 is 1. The van der Waals surface area contributed by atoms with Gasteiger partial charge in [-0.2, -0.15) is 5.10 Å². The van der Waals surface area contributed by atoms with Gasteiger partial charge >= 0.3 is 0 Å². The van der Waals surface area contributed by atoms with Gasteiger partial charge in [0.25, 0.3) is 5.91 Å². The molecule has 162 valence electrons. The molecule has 2 aromatic carbocycles. The molecule has 1 amide bonds. The Morgan fingerprint density at radius 2 is 1.97 bits per heavy atom. The van der Waals surface area contributed by atoms with E-state index in [0.717, 1.165) is 11.8 Å². The van der Waals surface area contributed by atoms with Crippen molar-refractivity contribution in [3.05, 3.63) is 66.0 Å². The monoisotopic (exact) mass is 441 g/mol. The second-order valence-corrected chi connectivity index (χ2v) is 9.22. The van der Waals surface area contributed by atoms with Gasteiger partial charge in [-0.15, -0.1) is 0 Å². The molecule has 3 aromatic rings. The lowest BCUT2D eigenvalue weighted by atomic mass is 10.1. The molecule has 1 aliphatic rings. The molecule has 0 radical (unpaired) electrons. The van der Waals surface area contributed by atoms with Crippen molar-refractivity contribution in [1.29, 1.82) is 0 Å². The summed E-state index contributed by atoms with van der Waals surface area (Å²) in [6.45, 7) is 0.217. The van der Waals surface area contributed by atoms with Crippen LogP contribution in [-0.2, 0) is 10.0 Å². The quantitative estimate of drug-likeness (QED) is 0.604. The number of hydrogen-bond acceptors (Lipinski definition) is 6. The number of benzene rings is 2. The Labute approximate surface area is 180 Å².